The molecule has 0 fully saturated rings. The third-order valence-electron chi connectivity index (χ3n) is 3.87. The second-order valence-electron chi connectivity index (χ2n) is 5.07. The molecule has 0 radical (unpaired) electrons. The highest BCUT2D eigenvalue weighted by Crippen LogP contribution is 2.44. The number of carbonyl (C=O) groups is 2. The molecule has 0 saturated carbocycles. The summed E-state index contributed by atoms with van der Waals surface area (Å²) in [6, 6.07) is 1.44. The summed E-state index contributed by atoms with van der Waals surface area (Å²) in [5, 5.41) is 12.4. The van der Waals surface area contributed by atoms with Gasteiger partial charge in [0, 0.05) is 25.0 Å². The highest BCUT2D eigenvalue weighted by Gasteiger charge is 2.32. The quantitative estimate of drug-likeness (QED) is 0.761. The van der Waals surface area contributed by atoms with Gasteiger partial charge in [0.1, 0.15) is 5.69 Å². The molecule has 1 aromatic heterocycles. The van der Waals surface area contributed by atoms with Crippen molar-refractivity contribution in [3.8, 4) is 0 Å². The van der Waals surface area contributed by atoms with Gasteiger partial charge in [0.05, 0.1) is 25.7 Å². The lowest BCUT2D eigenvalue weighted by atomic mass is 10.2. The lowest BCUT2D eigenvalue weighted by molar-refractivity contribution is 0.0715. The predicted octanol–water partition coefficient (Wildman–Crippen LogP) is 4.28. The summed E-state index contributed by atoms with van der Waals surface area (Å²) >= 11 is 15.9. The van der Waals surface area contributed by atoms with Crippen LogP contribution in [0.3, 0.4) is 0 Å². The van der Waals surface area contributed by atoms with Crippen LogP contribution < -0.4 is 5.32 Å². The summed E-state index contributed by atoms with van der Waals surface area (Å²) in [6.45, 7) is 3.62. The molecule has 2 aromatic rings. The number of nitrogens with one attached hydrogen (secondary N) is 1. The van der Waals surface area contributed by atoms with E-state index in [2.05, 4.69) is 21.2 Å². The molecule has 0 unspecified atom stereocenters. The van der Waals surface area contributed by atoms with E-state index in [-0.39, 0.29) is 16.6 Å². The Hall–Kier alpha value is -1.44. The van der Waals surface area contributed by atoms with Gasteiger partial charge in [-0.1, -0.05) is 23.2 Å². The molecule has 0 atom stereocenters. The zero-order valence-electron chi connectivity index (χ0n) is 12.0. The topological polar surface area (TPSA) is 74.6 Å². The summed E-state index contributed by atoms with van der Waals surface area (Å²) < 4.78 is 2.30. The Balaban J connectivity index is 2.37. The van der Waals surface area contributed by atoms with E-state index in [9.17, 15) is 9.59 Å². The standard InChI is InChI=1S/C14H12BrCl2N3O3/c1-2-19-3-4-20-11-8(9(15)12(20)13(19)21)7(18-14(22)23)5-6(16)10(11)17/h5,18H,2-4H2,1H3,(H,22,23). The van der Waals surface area contributed by atoms with Gasteiger partial charge in [0.15, 0.2) is 0 Å². The van der Waals surface area contributed by atoms with Crippen LogP contribution in [0.1, 0.15) is 17.4 Å². The van der Waals surface area contributed by atoms with Crippen molar-refractivity contribution in [2.75, 3.05) is 18.4 Å². The molecule has 3 rings (SSSR count). The fraction of sp³-hybridized carbons (Fsp3) is 0.286. The molecule has 1 aliphatic rings. The lowest BCUT2D eigenvalue weighted by Crippen LogP contribution is -2.39. The van der Waals surface area contributed by atoms with Gasteiger partial charge in [-0.3, -0.25) is 10.1 Å². The van der Waals surface area contributed by atoms with Crippen LogP contribution in [0, 0.1) is 0 Å². The molecule has 6 nitrogen and oxygen atoms in total. The van der Waals surface area contributed by atoms with Crippen molar-refractivity contribution in [2.24, 2.45) is 0 Å². The minimum absolute atomic E-state index is 0.129. The average Bonchev–Trinajstić information content (AvgIpc) is 2.79. The van der Waals surface area contributed by atoms with Crippen molar-refractivity contribution >= 4 is 67.7 Å². The number of anilines is 1. The minimum Gasteiger partial charge on any atom is -0.465 e. The van der Waals surface area contributed by atoms with Crippen LogP contribution in [0.5, 0.6) is 0 Å². The average molecular weight is 421 g/mol. The van der Waals surface area contributed by atoms with Gasteiger partial charge in [-0.15, -0.1) is 0 Å². The summed E-state index contributed by atoms with van der Waals surface area (Å²) in [5.41, 5.74) is 1.28. The second-order valence-corrected chi connectivity index (χ2v) is 6.65. The van der Waals surface area contributed by atoms with E-state index in [0.717, 1.165) is 0 Å². The van der Waals surface area contributed by atoms with E-state index >= 15 is 0 Å². The Labute approximate surface area is 150 Å². The Bertz CT molecular complexity index is 850. The van der Waals surface area contributed by atoms with Gasteiger partial charge >= 0.3 is 6.09 Å². The molecule has 1 aromatic carbocycles. The van der Waals surface area contributed by atoms with Crippen molar-refractivity contribution in [1.29, 1.82) is 0 Å². The lowest BCUT2D eigenvalue weighted by Gasteiger charge is -2.27. The molecule has 2 heterocycles. The molecule has 2 N–H and O–H groups in total. The number of nitrogens with zero attached hydrogens (tertiary/aromatic N) is 2. The minimum atomic E-state index is -1.22. The number of amides is 2. The molecule has 0 spiro atoms. The zero-order chi connectivity index (χ0) is 16.9. The number of halogens is 3. The van der Waals surface area contributed by atoms with Crippen LogP contribution in [0.2, 0.25) is 10.0 Å². The third kappa shape index (κ3) is 2.47. The Kier molecular flexibility index (Phi) is 4.20. The first kappa shape index (κ1) is 16.4. The number of fused-ring (bicyclic) bond motifs is 3. The van der Waals surface area contributed by atoms with Crippen molar-refractivity contribution in [3.63, 3.8) is 0 Å². The van der Waals surface area contributed by atoms with Crippen LogP contribution in [0.4, 0.5) is 10.5 Å². The maximum absolute atomic E-state index is 12.6. The molecule has 122 valence electrons. The first-order chi connectivity index (χ1) is 10.9. The summed E-state index contributed by atoms with van der Waals surface area (Å²) in [7, 11) is 0. The number of hydrogen-bond donors (Lipinski definition) is 2. The van der Waals surface area contributed by atoms with Crippen LogP contribution in [-0.4, -0.2) is 39.7 Å². The Morgan fingerprint density at radius 2 is 2.13 bits per heavy atom. The van der Waals surface area contributed by atoms with Crippen molar-refractivity contribution in [1.82, 2.24) is 9.47 Å². The number of carbonyl (C=O) groups excluding carboxylic acids is 1. The van der Waals surface area contributed by atoms with Crippen molar-refractivity contribution < 1.29 is 14.7 Å². The van der Waals surface area contributed by atoms with E-state index in [4.69, 9.17) is 28.3 Å². The number of carboxylic acid groups (broad SMARTS) is 1. The SMILES string of the molecule is CCN1CCn2c(c(Br)c3c(NC(=O)O)cc(Cl)c(Cl)c32)C1=O. The maximum atomic E-state index is 12.6. The zero-order valence-corrected chi connectivity index (χ0v) is 15.1. The second kappa shape index (κ2) is 5.89. The van der Waals surface area contributed by atoms with Gasteiger partial charge in [-0.05, 0) is 28.9 Å². The summed E-state index contributed by atoms with van der Waals surface area (Å²) in [5.74, 6) is -0.129. The van der Waals surface area contributed by atoms with Crippen LogP contribution in [0.25, 0.3) is 10.9 Å². The van der Waals surface area contributed by atoms with Gasteiger partial charge < -0.3 is 14.6 Å². The smallest absolute Gasteiger partial charge is 0.409 e. The van der Waals surface area contributed by atoms with E-state index in [1.807, 2.05) is 6.92 Å². The highest BCUT2D eigenvalue weighted by molar-refractivity contribution is 9.10. The molecule has 23 heavy (non-hydrogen) atoms. The molecule has 2 amide bonds. The van der Waals surface area contributed by atoms with Crippen molar-refractivity contribution in [3.05, 3.63) is 26.3 Å². The van der Waals surface area contributed by atoms with E-state index in [0.29, 0.717) is 45.7 Å². The van der Waals surface area contributed by atoms with Gasteiger partial charge in [0.25, 0.3) is 5.91 Å². The number of likely N-dealkylation sites (N-methyl/N-ethyl adjacent to an activating group) is 1. The first-order valence-corrected chi connectivity index (χ1v) is 8.40. The third-order valence-corrected chi connectivity index (χ3v) is 5.42. The predicted molar refractivity (Wildman–Crippen MR) is 92.9 cm³/mol. The number of rotatable bonds is 2. The number of aromatic nitrogens is 1. The number of benzene rings is 1. The Morgan fingerprint density at radius 3 is 2.74 bits per heavy atom. The van der Waals surface area contributed by atoms with Gasteiger partial charge in [-0.2, -0.15) is 0 Å². The summed E-state index contributed by atoms with van der Waals surface area (Å²) in [6.07, 6.45) is -1.22. The van der Waals surface area contributed by atoms with E-state index in [1.165, 1.54) is 6.07 Å². The van der Waals surface area contributed by atoms with E-state index < -0.39 is 6.09 Å². The van der Waals surface area contributed by atoms with Crippen LogP contribution >= 0.6 is 39.1 Å². The van der Waals surface area contributed by atoms with Crippen molar-refractivity contribution in [2.45, 2.75) is 13.5 Å². The molecular weight excluding hydrogens is 409 g/mol. The molecule has 0 aliphatic carbocycles. The number of hydrogen-bond acceptors (Lipinski definition) is 2. The van der Waals surface area contributed by atoms with Gasteiger partial charge in [-0.25, -0.2) is 4.79 Å². The molecule has 9 heteroatoms. The fourth-order valence-electron chi connectivity index (χ4n) is 2.86. The summed E-state index contributed by atoms with van der Waals surface area (Å²) in [4.78, 5) is 25.4. The molecule has 0 bridgehead atoms. The van der Waals surface area contributed by atoms with Gasteiger partial charge in [0.2, 0.25) is 0 Å². The molecule has 0 saturated heterocycles. The first-order valence-electron chi connectivity index (χ1n) is 6.85. The largest absolute Gasteiger partial charge is 0.465 e. The highest BCUT2D eigenvalue weighted by atomic mass is 79.9. The van der Waals surface area contributed by atoms with E-state index in [1.54, 1.807) is 9.47 Å². The molecular formula is C14H12BrCl2N3O3. The Morgan fingerprint density at radius 1 is 1.43 bits per heavy atom. The van der Waals surface area contributed by atoms with Crippen LogP contribution in [-0.2, 0) is 6.54 Å². The maximum Gasteiger partial charge on any atom is 0.409 e. The normalized spacial score (nSPS) is 14.3. The van der Waals surface area contributed by atoms with Crippen LogP contribution in [0.15, 0.2) is 10.5 Å². The monoisotopic (exact) mass is 419 g/mol. The fourth-order valence-corrected chi connectivity index (χ4v) is 4.09. The molecule has 1 aliphatic heterocycles.